The lowest BCUT2D eigenvalue weighted by molar-refractivity contribution is -0.143. The zero-order valence-electron chi connectivity index (χ0n) is 22.9. The lowest BCUT2D eigenvalue weighted by Gasteiger charge is -2.24. The van der Waals surface area contributed by atoms with E-state index in [0.29, 0.717) is 0 Å². The number of carbonyl (C=O) groups excluding carboxylic acids is 1. The van der Waals surface area contributed by atoms with Gasteiger partial charge in [-0.1, -0.05) is 44.9 Å². The number of hydrogen-bond donors (Lipinski definition) is 4. The van der Waals surface area contributed by atoms with Gasteiger partial charge in [0.05, 0.1) is 18.9 Å². The fraction of sp³-hybridized carbons (Fsp3) is 0.462. The maximum Gasteiger partial charge on any atom is 0.459 e. The van der Waals surface area contributed by atoms with Gasteiger partial charge in [-0.25, -0.2) is 23.5 Å². The van der Waals surface area contributed by atoms with Crippen molar-refractivity contribution in [3.05, 3.63) is 54.2 Å². The van der Waals surface area contributed by atoms with Gasteiger partial charge in [0.1, 0.15) is 48.5 Å². The lowest BCUT2D eigenvalue weighted by atomic mass is 9.92. The summed E-state index contributed by atoms with van der Waals surface area (Å²) in [6.07, 6.45) is -2.46. The molecule has 5 N–H and O–H groups in total. The third kappa shape index (κ3) is 6.39. The number of rotatable bonds is 13. The number of nitriles is 1. The highest BCUT2D eigenvalue weighted by molar-refractivity contribution is 7.52. The number of nitrogens with two attached hydrogens (primary N) is 1. The Bertz CT molecular complexity index is 1480. The number of benzene rings is 1. The topological polar surface area (TPSA) is 204 Å². The van der Waals surface area contributed by atoms with E-state index in [-0.39, 0.29) is 35.3 Å². The molecule has 4 rings (SSSR count). The largest absolute Gasteiger partial charge is 0.464 e. The van der Waals surface area contributed by atoms with Gasteiger partial charge >= 0.3 is 13.7 Å². The quantitative estimate of drug-likeness (QED) is 0.163. The minimum absolute atomic E-state index is 0.144. The molecule has 0 spiro atoms. The molecule has 1 aromatic carbocycles. The number of nitrogens with one attached hydrogen (secondary N) is 1. The second-order valence-electron chi connectivity index (χ2n) is 9.62. The summed E-state index contributed by atoms with van der Waals surface area (Å²) in [6.45, 7) is 2.95. The average molecular weight is 607 g/mol. The first-order chi connectivity index (χ1) is 20.1. The summed E-state index contributed by atoms with van der Waals surface area (Å²) in [5, 5.41) is 38.1. The maximum absolute atomic E-state index is 14.7. The molecular formula is C26H32FN6O8P. The van der Waals surface area contributed by atoms with E-state index in [1.165, 1.54) is 12.1 Å². The van der Waals surface area contributed by atoms with E-state index in [1.807, 2.05) is 13.8 Å². The van der Waals surface area contributed by atoms with E-state index in [1.54, 1.807) is 24.3 Å². The molecule has 1 aliphatic heterocycles. The summed E-state index contributed by atoms with van der Waals surface area (Å²) in [5.74, 6) is -1.48. The van der Waals surface area contributed by atoms with Crippen molar-refractivity contribution in [3.8, 4) is 11.8 Å². The van der Waals surface area contributed by atoms with E-state index < -0.39 is 56.6 Å². The van der Waals surface area contributed by atoms with Gasteiger partial charge in [0, 0.05) is 6.07 Å². The van der Waals surface area contributed by atoms with E-state index in [4.69, 9.17) is 24.3 Å². The second-order valence-corrected chi connectivity index (χ2v) is 11.4. The Morgan fingerprint density at radius 3 is 2.71 bits per heavy atom. The Labute approximate surface area is 240 Å². The molecule has 0 unspecified atom stereocenters. The Morgan fingerprint density at radius 1 is 1.33 bits per heavy atom. The highest BCUT2D eigenvalue weighted by Gasteiger charge is 2.58. The fourth-order valence-corrected chi connectivity index (χ4v) is 5.72. The van der Waals surface area contributed by atoms with E-state index >= 15 is 0 Å². The predicted molar refractivity (Wildman–Crippen MR) is 145 cm³/mol. The highest BCUT2D eigenvalue weighted by Crippen LogP contribution is 2.47. The van der Waals surface area contributed by atoms with Crippen molar-refractivity contribution < 1.29 is 42.5 Å². The van der Waals surface area contributed by atoms with Gasteiger partial charge in [-0.15, -0.1) is 0 Å². The molecule has 3 aromatic rings. The molecule has 0 saturated carbocycles. The number of hydrogen-bond acceptors (Lipinski definition) is 12. The monoisotopic (exact) mass is 606 g/mol. The number of esters is 1. The number of nitrogen functional groups attached to an aromatic ring is 1. The Hall–Kier alpha value is -3.64. The fourth-order valence-electron chi connectivity index (χ4n) is 4.45. The van der Waals surface area contributed by atoms with Gasteiger partial charge in [-0.3, -0.25) is 9.32 Å². The molecule has 226 valence electrons. The van der Waals surface area contributed by atoms with E-state index in [2.05, 4.69) is 15.2 Å². The Balaban J connectivity index is 1.52. The first-order valence-electron chi connectivity index (χ1n) is 13.2. The third-order valence-electron chi connectivity index (χ3n) is 6.97. The number of ether oxygens (including phenoxy) is 2. The van der Waals surface area contributed by atoms with Crippen LogP contribution in [0.5, 0.6) is 5.75 Å². The molecule has 16 heteroatoms. The van der Waals surface area contributed by atoms with E-state index in [0.717, 1.165) is 29.8 Å². The number of fused-ring (bicyclic) bond motifs is 1. The maximum atomic E-state index is 14.7. The number of para-hydroxylation sites is 1. The number of nitrogens with zero attached hydrogens (tertiary/aromatic N) is 4. The molecule has 0 amide bonds. The normalized spacial score (nSPS) is 23.5. The zero-order valence-corrected chi connectivity index (χ0v) is 23.8. The predicted octanol–water partition coefficient (Wildman–Crippen LogP) is 2.06. The molecule has 1 aliphatic rings. The summed E-state index contributed by atoms with van der Waals surface area (Å²) in [6, 6.07) is 10.7. The van der Waals surface area contributed by atoms with Crippen LogP contribution >= 0.6 is 7.75 Å². The summed E-state index contributed by atoms with van der Waals surface area (Å²) >= 11 is 0. The van der Waals surface area contributed by atoms with Crippen molar-refractivity contribution in [3.63, 3.8) is 0 Å². The van der Waals surface area contributed by atoms with Gasteiger partial charge < -0.3 is 29.9 Å². The Morgan fingerprint density at radius 2 is 2.05 bits per heavy atom. The number of aliphatic hydroxyl groups is 2. The average Bonchev–Trinajstić information content (AvgIpc) is 3.46. The summed E-state index contributed by atoms with van der Waals surface area (Å²) in [5.41, 5.74) is 2.91. The van der Waals surface area contributed by atoms with Crippen molar-refractivity contribution in [1.82, 2.24) is 19.7 Å². The van der Waals surface area contributed by atoms with Gasteiger partial charge in [0.25, 0.3) is 0 Å². The Kier molecular flexibility index (Phi) is 9.78. The van der Waals surface area contributed by atoms with Crippen LogP contribution in [-0.4, -0.2) is 68.9 Å². The SMILES string of the molecule is CCC(CC)COC(=O)CN[P@](=O)(OC[C@H]1O[C@@](C#N)(c2cc(F)c3c(N)ncnn23)[C@H](O)[C@@H]1O)Oc1ccccc1. The molecule has 2 aromatic heterocycles. The van der Waals surface area contributed by atoms with Crippen LogP contribution in [0.25, 0.3) is 5.52 Å². The van der Waals surface area contributed by atoms with Gasteiger partial charge in [-0.05, 0) is 18.1 Å². The number of aliphatic hydroxyl groups excluding tert-OH is 2. The number of anilines is 1. The van der Waals surface area contributed by atoms with Crippen molar-refractivity contribution in [2.45, 2.75) is 50.6 Å². The first kappa shape index (κ1) is 31.3. The van der Waals surface area contributed by atoms with Gasteiger partial charge in [0.2, 0.25) is 5.60 Å². The lowest BCUT2D eigenvalue weighted by Crippen LogP contribution is -2.41. The highest BCUT2D eigenvalue weighted by atomic mass is 31.2. The van der Waals surface area contributed by atoms with Crippen LogP contribution in [0.1, 0.15) is 32.4 Å². The molecule has 0 bridgehead atoms. The minimum Gasteiger partial charge on any atom is -0.464 e. The van der Waals surface area contributed by atoms with E-state index in [9.17, 15) is 29.2 Å². The molecule has 1 saturated heterocycles. The van der Waals surface area contributed by atoms with Crippen LogP contribution in [0.2, 0.25) is 0 Å². The molecule has 14 nitrogen and oxygen atoms in total. The molecule has 0 radical (unpaired) electrons. The first-order valence-corrected chi connectivity index (χ1v) is 14.7. The molecule has 1 fully saturated rings. The number of carbonyl (C=O) groups is 1. The van der Waals surface area contributed by atoms with Crippen LogP contribution in [0.15, 0.2) is 42.7 Å². The molecule has 42 heavy (non-hydrogen) atoms. The van der Waals surface area contributed by atoms with Crippen LogP contribution < -0.4 is 15.3 Å². The van der Waals surface area contributed by atoms with Crippen molar-refractivity contribution >= 4 is 25.1 Å². The smallest absolute Gasteiger partial charge is 0.459 e. The summed E-state index contributed by atoms with van der Waals surface area (Å²) in [7, 11) is -4.33. The summed E-state index contributed by atoms with van der Waals surface area (Å²) in [4.78, 5) is 16.1. The van der Waals surface area contributed by atoms with Crippen LogP contribution in [-0.2, 0) is 29.0 Å². The third-order valence-corrected chi connectivity index (χ3v) is 8.46. The van der Waals surface area contributed by atoms with Crippen molar-refractivity contribution in [2.75, 3.05) is 25.5 Å². The minimum atomic E-state index is -4.33. The van der Waals surface area contributed by atoms with Crippen LogP contribution in [0.3, 0.4) is 0 Å². The molecule has 0 aliphatic carbocycles. The number of halogens is 1. The van der Waals surface area contributed by atoms with Gasteiger partial charge in [-0.2, -0.15) is 10.4 Å². The second kappa shape index (κ2) is 13.1. The summed E-state index contributed by atoms with van der Waals surface area (Å²) < 4.78 is 51.4. The van der Waals surface area contributed by atoms with Crippen molar-refractivity contribution in [1.29, 1.82) is 5.26 Å². The van der Waals surface area contributed by atoms with Gasteiger partial charge in [0.15, 0.2) is 11.6 Å². The van der Waals surface area contributed by atoms with Crippen LogP contribution in [0.4, 0.5) is 10.2 Å². The molecule has 5 atom stereocenters. The zero-order chi connectivity index (χ0) is 30.5. The standard InChI is InChI=1S/C26H32FN6O8P/c1-3-16(4-2)12-38-21(34)11-32-42(37,41-17-8-6-5-7-9-17)39-13-19-23(35)24(36)26(14-28,40-19)20-10-18(27)22-25(29)30-15-31-33(20)22/h5-10,15-16,19,23-24,35-36H,3-4,11-13H2,1-2H3,(H,32,37)(H2,29,30,31)/t19-,23-,24-,26+,42+/m1/s1. The number of aromatic nitrogens is 3. The van der Waals surface area contributed by atoms with Crippen molar-refractivity contribution in [2.24, 2.45) is 5.92 Å². The molecule has 3 heterocycles. The molecular weight excluding hydrogens is 574 g/mol. The van der Waals surface area contributed by atoms with Crippen LogP contribution in [0, 0.1) is 23.1 Å².